The van der Waals surface area contributed by atoms with Gasteiger partial charge >= 0.3 is 7.12 Å². The summed E-state index contributed by atoms with van der Waals surface area (Å²) in [6.45, 7) is 1.48. The molecule has 5 heteroatoms. The minimum Gasteiger partial charge on any atom is -0.423 e. The first kappa shape index (κ1) is 9.95. The third kappa shape index (κ3) is 1.79. The number of nitrogens with one attached hydrogen (secondary N) is 1. The lowest BCUT2D eigenvalue weighted by atomic mass is 9.80. The van der Waals surface area contributed by atoms with E-state index in [9.17, 15) is 4.79 Å². The van der Waals surface area contributed by atoms with Crippen LogP contribution in [0.5, 0.6) is 0 Å². The van der Waals surface area contributed by atoms with E-state index in [1.807, 2.05) is 0 Å². The van der Waals surface area contributed by atoms with Crippen molar-refractivity contribution in [1.29, 1.82) is 0 Å². The lowest BCUT2D eigenvalue weighted by Crippen LogP contribution is -2.29. The number of aromatic nitrogens is 1. The molecule has 0 spiro atoms. The van der Waals surface area contributed by atoms with Gasteiger partial charge in [-0.2, -0.15) is 0 Å². The second-order valence-corrected chi connectivity index (χ2v) is 3.46. The normalized spacial score (nSPS) is 10.6. The monoisotopic (exact) mass is 203 g/mol. The van der Waals surface area contributed by atoms with Crippen molar-refractivity contribution >= 4 is 29.3 Å². The molecule has 1 aromatic carbocycles. The Kier molecular flexibility index (Phi) is 2.34. The molecule has 0 saturated carbocycles. The third-order valence-corrected chi connectivity index (χ3v) is 2.32. The molecule has 2 rings (SSSR count). The summed E-state index contributed by atoms with van der Waals surface area (Å²) in [6, 6.07) is 6.72. The summed E-state index contributed by atoms with van der Waals surface area (Å²) in [6.07, 6.45) is 0. The Morgan fingerprint density at radius 3 is 2.67 bits per heavy atom. The summed E-state index contributed by atoms with van der Waals surface area (Å²) in [5.41, 5.74) is 1.65. The van der Waals surface area contributed by atoms with Crippen molar-refractivity contribution < 1.29 is 14.8 Å². The van der Waals surface area contributed by atoms with Gasteiger partial charge in [-0.15, -0.1) is 0 Å². The number of benzene rings is 1. The molecule has 0 aliphatic rings. The van der Waals surface area contributed by atoms with Crippen LogP contribution in [0.25, 0.3) is 10.9 Å². The number of carbonyl (C=O) groups excluding carboxylic acids is 1. The minimum absolute atomic E-state index is 0.0442. The van der Waals surface area contributed by atoms with E-state index >= 15 is 0 Å². The lowest BCUT2D eigenvalue weighted by molar-refractivity contribution is 0.101. The number of Topliss-reactive ketones (excluding diaryl/α,β-unsaturated/α-hetero) is 1. The molecule has 1 aromatic heterocycles. The fraction of sp³-hybridized carbons (Fsp3) is 0.100. The average Bonchev–Trinajstić information content (AvgIpc) is 2.59. The molecule has 0 saturated heterocycles. The molecular formula is C10H10BNO3. The highest BCUT2D eigenvalue weighted by molar-refractivity contribution is 6.58. The quantitative estimate of drug-likeness (QED) is 0.476. The van der Waals surface area contributed by atoms with Crippen molar-refractivity contribution in [3.8, 4) is 0 Å². The summed E-state index contributed by atoms with van der Waals surface area (Å²) < 4.78 is 0. The van der Waals surface area contributed by atoms with Gasteiger partial charge in [-0.25, -0.2) is 0 Å². The second kappa shape index (κ2) is 3.53. The zero-order valence-corrected chi connectivity index (χ0v) is 8.19. The Hall–Kier alpha value is -1.59. The molecule has 4 nitrogen and oxygen atoms in total. The summed E-state index contributed by atoms with van der Waals surface area (Å²) in [5.74, 6) is -0.0442. The molecule has 2 aromatic rings. The van der Waals surface area contributed by atoms with Gasteiger partial charge in [-0.3, -0.25) is 4.79 Å². The molecule has 0 aliphatic carbocycles. The molecule has 76 valence electrons. The maximum atomic E-state index is 11.1. The van der Waals surface area contributed by atoms with Gasteiger partial charge in [0.25, 0.3) is 0 Å². The first-order valence-corrected chi connectivity index (χ1v) is 4.57. The minimum atomic E-state index is -1.49. The number of H-pyrrole nitrogens is 1. The van der Waals surface area contributed by atoms with Crippen molar-refractivity contribution in [3.05, 3.63) is 30.0 Å². The molecule has 3 N–H and O–H groups in total. The molecule has 0 aliphatic heterocycles. The first-order valence-electron chi connectivity index (χ1n) is 4.57. The fourth-order valence-corrected chi connectivity index (χ4v) is 1.49. The molecule has 1 heterocycles. The highest BCUT2D eigenvalue weighted by Crippen LogP contribution is 2.14. The second-order valence-electron chi connectivity index (χ2n) is 3.46. The molecule has 0 atom stereocenters. The summed E-state index contributed by atoms with van der Waals surface area (Å²) >= 11 is 0. The molecule has 0 radical (unpaired) electrons. The number of ketones is 1. The van der Waals surface area contributed by atoms with Crippen molar-refractivity contribution in [2.24, 2.45) is 0 Å². The maximum Gasteiger partial charge on any atom is 0.488 e. The Labute approximate surface area is 86.7 Å². The van der Waals surface area contributed by atoms with Crippen LogP contribution in [0, 0.1) is 0 Å². The fourth-order valence-electron chi connectivity index (χ4n) is 1.49. The van der Waals surface area contributed by atoms with E-state index in [-0.39, 0.29) is 5.78 Å². The zero-order chi connectivity index (χ0) is 11.0. The van der Waals surface area contributed by atoms with Crippen LogP contribution >= 0.6 is 0 Å². The van der Waals surface area contributed by atoms with E-state index in [4.69, 9.17) is 10.0 Å². The van der Waals surface area contributed by atoms with E-state index in [0.29, 0.717) is 11.2 Å². The number of carbonyl (C=O) groups is 1. The summed E-state index contributed by atoms with van der Waals surface area (Å²) in [4.78, 5) is 14.0. The highest BCUT2D eigenvalue weighted by Gasteiger charge is 2.12. The van der Waals surface area contributed by atoms with Gasteiger partial charge in [0.05, 0.1) is 5.69 Å². The lowest BCUT2D eigenvalue weighted by Gasteiger charge is -1.97. The smallest absolute Gasteiger partial charge is 0.423 e. The highest BCUT2D eigenvalue weighted by atomic mass is 16.4. The van der Waals surface area contributed by atoms with Gasteiger partial charge in [-0.05, 0) is 17.6 Å². The predicted octanol–water partition coefficient (Wildman–Crippen LogP) is 0.0503. The molecule has 15 heavy (non-hydrogen) atoms. The van der Waals surface area contributed by atoms with Crippen LogP contribution in [0.3, 0.4) is 0 Å². The zero-order valence-electron chi connectivity index (χ0n) is 8.19. The van der Waals surface area contributed by atoms with Gasteiger partial charge in [0, 0.05) is 17.8 Å². The Bertz CT molecular complexity index is 518. The number of rotatable bonds is 2. The van der Waals surface area contributed by atoms with Gasteiger partial charge in [-0.1, -0.05) is 12.1 Å². The summed E-state index contributed by atoms with van der Waals surface area (Å²) in [5, 5.41) is 18.8. The third-order valence-electron chi connectivity index (χ3n) is 2.32. The number of hydrogen-bond donors (Lipinski definition) is 3. The Morgan fingerprint density at radius 2 is 2.07 bits per heavy atom. The SMILES string of the molecule is CC(=O)c1cc2ccc(B(O)O)cc2[nH]1. The van der Waals surface area contributed by atoms with Crippen molar-refractivity contribution in [3.63, 3.8) is 0 Å². The van der Waals surface area contributed by atoms with Crippen molar-refractivity contribution in [1.82, 2.24) is 4.98 Å². The topological polar surface area (TPSA) is 73.3 Å². The van der Waals surface area contributed by atoms with Crippen LogP contribution in [0.4, 0.5) is 0 Å². The standard InChI is InChI=1S/C10H10BNO3/c1-6(13)9-4-7-2-3-8(11(14)15)5-10(7)12-9/h2-5,12,14-15H,1H3. The molecule has 0 unspecified atom stereocenters. The predicted molar refractivity (Wildman–Crippen MR) is 58.1 cm³/mol. The van der Waals surface area contributed by atoms with E-state index in [0.717, 1.165) is 10.9 Å². The van der Waals surface area contributed by atoms with Crippen LogP contribution in [0.2, 0.25) is 0 Å². The molecule has 0 amide bonds. The van der Waals surface area contributed by atoms with Gasteiger partial charge in [0.15, 0.2) is 5.78 Å². The van der Waals surface area contributed by atoms with Gasteiger partial charge < -0.3 is 15.0 Å². The Balaban J connectivity index is 2.57. The number of hydrogen-bond acceptors (Lipinski definition) is 3. The van der Waals surface area contributed by atoms with Crippen LogP contribution in [-0.4, -0.2) is 27.9 Å². The number of fused-ring (bicyclic) bond motifs is 1. The first-order chi connectivity index (χ1) is 7.08. The molecular weight excluding hydrogens is 193 g/mol. The van der Waals surface area contributed by atoms with Gasteiger partial charge in [0.1, 0.15) is 0 Å². The molecule has 0 fully saturated rings. The van der Waals surface area contributed by atoms with E-state index in [1.165, 1.54) is 6.92 Å². The van der Waals surface area contributed by atoms with Crippen molar-refractivity contribution in [2.45, 2.75) is 6.92 Å². The van der Waals surface area contributed by atoms with Gasteiger partial charge in [0.2, 0.25) is 0 Å². The van der Waals surface area contributed by atoms with E-state index in [1.54, 1.807) is 24.3 Å². The van der Waals surface area contributed by atoms with Crippen LogP contribution in [0.15, 0.2) is 24.3 Å². The van der Waals surface area contributed by atoms with Crippen LogP contribution < -0.4 is 5.46 Å². The van der Waals surface area contributed by atoms with Crippen LogP contribution in [-0.2, 0) is 0 Å². The number of aromatic amines is 1. The van der Waals surface area contributed by atoms with E-state index in [2.05, 4.69) is 4.98 Å². The summed E-state index contributed by atoms with van der Waals surface area (Å²) in [7, 11) is -1.49. The van der Waals surface area contributed by atoms with Crippen molar-refractivity contribution in [2.75, 3.05) is 0 Å². The van der Waals surface area contributed by atoms with Crippen LogP contribution in [0.1, 0.15) is 17.4 Å². The maximum absolute atomic E-state index is 11.1. The average molecular weight is 203 g/mol. The molecule has 0 bridgehead atoms. The van der Waals surface area contributed by atoms with E-state index < -0.39 is 7.12 Å². The Morgan fingerprint density at radius 1 is 1.33 bits per heavy atom. The largest absolute Gasteiger partial charge is 0.488 e.